The number of hydrogen-bond donors (Lipinski definition) is 0. The van der Waals surface area contributed by atoms with Gasteiger partial charge in [-0.2, -0.15) is 0 Å². The lowest BCUT2D eigenvalue weighted by Gasteiger charge is -2.38. The van der Waals surface area contributed by atoms with Gasteiger partial charge in [-0.3, -0.25) is 4.79 Å². The van der Waals surface area contributed by atoms with E-state index in [-0.39, 0.29) is 11.6 Å². The SMILES string of the molecule is Cc1c(C)c2c(c(C)c1OC(=O)CCCC[C@@H]1CCSS1)CC[C@@](C)(CCC[C@H](C)CCC[C@H](C)CCCC(C)C)O2. The minimum Gasteiger partial charge on any atom is -0.487 e. The predicted molar refractivity (Wildman–Crippen MR) is 185 cm³/mol. The molecule has 42 heavy (non-hydrogen) atoms. The second-order valence-electron chi connectivity index (χ2n) is 14.5. The highest BCUT2D eigenvalue weighted by atomic mass is 33.1. The normalized spacial score (nSPS) is 21.7. The Morgan fingerprint density at radius 2 is 1.57 bits per heavy atom. The van der Waals surface area contributed by atoms with Gasteiger partial charge in [0, 0.05) is 23.0 Å². The van der Waals surface area contributed by atoms with E-state index in [9.17, 15) is 4.79 Å². The maximum atomic E-state index is 12.8. The van der Waals surface area contributed by atoms with Crippen LogP contribution in [-0.2, 0) is 11.2 Å². The van der Waals surface area contributed by atoms with Crippen molar-refractivity contribution in [3.8, 4) is 11.5 Å². The van der Waals surface area contributed by atoms with E-state index in [1.807, 2.05) is 21.6 Å². The van der Waals surface area contributed by atoms with E-state index >= 15 is 0 Å². The van der Waals surface area contributed by atoms with Gasteiger partial charge in [-0.15, -0.1) is 0 Å². The van der Waals surface area contributed by atoms with Gasteiger partial charge in [0.1, 0.15) is 17.1 Å². The van der Waals surface area contributed by atoms with Gasteiger partial charge in [0.25, 0.3) is 0 Å². The van der Waals surface area contributed by atoms with Gasteiger partial charge in [0.15, 0.2) is 0 Å². The summed E-state index contributed by atoms with van der Waals surface area (Å²) in [5.74, 6) is 5.49. The molecule has 0 aromatic heterocycles. The molecule has 4 atom stereocenters. The summed E-state index contributed by atoms with van der Waals surface area (Å²) in [5, 5.41) is 0.774. The maximum Gasteiger partial charge on any atom is 0.311 e. The maximum absolute atomic E-state index is 12.8. The van der Waals surface area contributed by atoms with E-state index in [4.69, 9.17) is 9.47 Å². The van der Waals surface area contributed by atoms with Crippen LogP contribution in [0, 0.1) is 38.5 Å². The highest BCUT2D eigenvalue weighted by Gasteiger charge is 2.35. The molecule has 1 aromatic rings. The van der Waals surface area contributed by atoms with Crippen molar-refractivity contribution in [3.05, 3.63) is 22.3 Å². The summed E-state index contributed by atoms with van der Waals surface area (Å²) >= 11 is 0. The molecule has 0 saturated carbocycles. The van der Waals surface area contributed by atoms with E-state index in [0.717, 1.165) is 83.3 Å². The van der Waals surface area contributed by atoms with Crippen LogP contribution in [0.5, 0.6) is 11.5 Å². The Kier molecular flexibility index (Phi) is 15.0. The third kappa shape index (κ3) is 11.3. The number of esters is 1. The van der Waals surface area contributed by atoms with Gasteiger partial charge >= 0.3 is 5.97 Å². The topological polar surface area (TPSA) is 35.5 Å². The highest BCUT2D eigenvalue weighted by Crippen LogP contribution is 2.45. The van der Waals surface area contributed by atoms with Crippen LogP contribution in [0.3, 0.4) is 0 Å². The largest absolute Gasteiger partial charge is 0.487 e. The quantitative estimate of drug-likeness (QED) is 0.0708. The number of carbonyl (C=O) groups excluding carboxylic acids is 1. The fourth-order valence-electron chi connectivity index (χ4n) is 6.78. The monoisotopic (exact) mass is 618 g/mol. The Balaban J connectivity index is 1.44. The number of benzene rings is 1. The Bertz CT molecular complexity index is 984. The second-order valence-corrected chi connectivity index (χ2v) is 17.3. The first-order valence-electron chi connectivity index (χ1n) is 17.3. The molecule has 0 spiro atoms. The number of fused-ring (bicyclic) bond motifs is 1. The van der Waals surface area contributed by atoms with Crippen LogP contribution in [0.4, 0.5) is 0 Å². The number of ether oxygens (including phenoxy) is 2. The molecule has 0 N–H and O–H groups in total. The van der Waals surface area contributed by atoms with E-state index in [0.29, 0.717) is 6.42 Å². The molecule has 1 fully saturated rings. The van der Waals surface area contributed by atoms with Crippen LogP contribution in [0.2, 0.25) is 0 Å². The van der Waals surface area contributed by atoms with Crippen molar-refractivity contribution in [2.45, 2.75) is 169 Å². The second kappa shape index (κ2) is 17.6. The van der Waals surface area contributed by atoms with Crippen LogP contribution in [0.1, 0.15) is 153 Å². The van der Waals surface area contributed by atoms with Crippen molar-refractivity contribution in [3.63, 3.8) is 0 Å². The summed E-state index contributed by atoms with van der Waals surface area (Å²) in [6, 6.07) is 0. The summed E-state index contributed by atoms with van der Waals surface area (Å²) < 4.78 is 12.8. The Morgan fingerprint density at radius 3 is 2.21 bits per heavy atom. The lowest BCUT2D eigenvalue weighted by molar-refractivity contribution is -0.134. The zero-order chi connectivity index (χ0) is 30.7. The summed E-state index contributed by atoms with van der Waals surface area (Å²) in [6.45, 7) is 18.2. The van der Waals surface area contributed by atoms with Gasteiger partial charge in [-0.05, 0) is 107 Å². The van der Waals surface area contributed by atoms with Gasteiger partial charge < -0.3 is 9.47 Å². The Labute approximate surface area is 267 Å². The van der Waals surface area contributed by atoms with Crippen molar-refractivity contribution < 1.29 is 14.3 Å². The van der Waals surface area contributed by atoms with Crippen LogP contribution in [0.15, 0.2) is 0 Å². The first-order chi connectivity index (χ1) is 20.0. The molecule has 0 amide bonds. The van der Waals surface area contributed by atoms with E-state index < -0.39 is 0 Å². The Morgan fingerprint density at radius 1 is 0.905 bits per heavy atom. The molecule has 240 valence electrons. The molecular weight excluding hydrogens is 557 g/mol. The first kappa shape index (κ1) is 35.7. The number of carbonyl (C=O) groups is 1. The molecule has 0 radical (unpaired) electrons. The molecule has 2 aliphatic heterocycles. The third-order valence-electron chi connectivity index (χ3n) is 9.94. The molecule has 5 heteroatoms. The van der Waals surface area contributed by atoms with Gasteiger partial charge in [-0.25, -0.2) is 0 Å². The summed E-state index contributed by atoms with van der Waals surface area (Å²) in [7, 11) is 4.01. The van der Waals surface area contributed by atoms with Crippen molar-refractivity contribution in [2.24, 2.45) is 17.8 Å². The zero-order valence-electron chi connectivity index (χ0n) is 28.4. The summed E-state index contributed by atoms with van der Waals surface area (Å²) in [5.41, 5.74) is 4.40. The van der Waals surface area contributed by atoms with E-state index in [1.54, 1.807) is 0 Å². The van der Waals surface area contributed by atoms with Crippen LogP contribution in [-0.4, -0.2) is 22.6 Å². The molecule has 0 aliphatic carbocycles. The molecule has 2 heterocycles. The lowest BCUT2D eigenvalue weighted by Crippen LogP contribution is -2.37. The highest BCUT2D eigenvalue weighted by molar-refractivity contribution is 8.77. The van der Waals surface area contributed by atoms with Crippen molar-refractivity contribution in [1.29, 1.82) is 0 Å². The van der Waals surface area contributed by atoms with E-state index in [2.05, 4.69) is 55.4 Å². The summed E-state index contributed by atoms with van der Waals surface area (Å²) in [6.07, 6.45) is 19.0. The van der Waals surface area contributed by atoms with Crippen LogP contribution >= 0.6 is 21.6 Å². The third-order valence-corrected chi connectivity index (χ3v) is 12.9. The standard InChI is InChI=1S/C37H62O3S2/c1-26(2)14-11-15-27(3)16-12-17-28(4)18-13-23-37(8)24-21-33-31(7)35(29(5)30(6)36(33)40-37)39-34(38)20-10-9-19-32-22-25-41-42-32/h26-28,32H,9-25H2,1-8H3/t27-,28-,32-,37-/m1/s1. The zero-order valence-corrected chi connectivity index (χ0v) is 30.0. The number of rotatable bonds is 18. The molecule has 1 saturated heterocycles. The fraction of sp³-hybridized carbons (Fsp3) is 0.811. The van der Waals surface area contributed by atoms with Gasteiger partial charge in [0.2, 0.25) is 0 Å². The molecule has 1 aromatic carbocycles. The van der Waals surface area contributed by atoms with Crippen LogP contribution < -0.4 is 9.47 Å². The molecule has 3 rings (SSSR count). The first-order valence-corrected chi connectivity index (χ1v) is 19.7. The Hall–Kier alpha value is -0.810. The van der Waals surface area contributed by atoms with Gasteiger partial charge in [0.05, 0.1) is 0 Å². The minimum absolute atomic E-state index is 0.0923. The average Bonchev–Trinajstić information content (AvgIpc) is 3.45. The average molecular weight is 619 g/mol. The van der Waals surface area contributed by atoms with Crippen molar-refractivity contribution >= 4 is 27.6 Å². The van der Waals surface area contributed by atoms with E-state index in [1.165, 1.54) is 75.5 Å². The molecule has 0 bridgehead atoms. The number of hydrogen-bond acceptors (Lipinski definition) is 5. The number of unbranched alkanes of at least 4 members (excludes halogenated alkanes) is 1. The molecule has 0 unspecified atom stereocenters. The van der Waals surface area contributed by atoms with Crippen LogP contribution in [0.25, 0.3) is 0 Å². The van der Waals surface area contributed by atoms with Crippen molar-refractivity contribution in [1.82, 2.24) is 0 Å². The van der Waals surface area contributed by atoms with Gasteiger partial charge in [-0.1, -0.05) is 101 Å². The summed E-state index contributed by atoms with van der Waals surface area (Å²) in [4.78, 5) is 12.8. The molecule has 2 aliphatic rings. The fourth-order valence-corrected chi connectivity index (χ4v) is 9.81. The smallest absolute Gasteiger partial charge is 0.311 e. The van der Waals surface area contributed by atoms with Crippen molar-refractivity contribution in [2.75, 3.05) is 5.75 Å². The molecule has 3 nitrogen and oxygen atoms in total. The minimum atomic E-state index is -0.115. The predicted octanol–water partition coefficient (Wildman–Crippen LogP) is 11.8. The lowest BCUT2D eigenvalue weighted by atomic mass is 9.83. The molecular formula is C37H62O3S2.